The summed E-state index contributed by atoms with van der Waals surface area (Å²) in [7, 11) is 0. The van der Waals surface area contributed by atoms with Gasteiger partial charge in [-0.1, -0.05) is 29.3 Å². The molecule has 0 saturated heterocycles. The molecular formula is C12H11BrCl2N2S. The van der Waals surface area contributed by atoms with Gasteiger partial charge in [0.25, 0.3) is 0 Å². The van der Waals surface area contributed by atoms with Crippen LogP contribution in [0.4, 0.5) is 0 Å². The zero-order valence-electron chi connectivity index (χ0n) is 9.29. The Bertz CT molecular complexity index is 545. The van der Waals surface area contributed by atoms with Crippen LogP contribution in [0.15, 0.2) is 34.1 Å². The minimum Gasteiger partial charge on any atom is -0.271 e. The maximum absolute atomic E-state index is 6.02. The molecule has 96 valence electrons. The zero-order chi connectivity index (χ0) is 13.1. The smallest absolute Gasteiger partial charge is 0.0595 e. The fourth-order valence-corrected chi connectivity index (χ4v) is 3.53. The predicted molar refractivity (Wildman–Crippen MR) is 82.2 cm³/mol. The molecular weight excluding hydrogens is 355 g/mol. The second-order valence-corrected chi connectivity index (χ2v) is 6.46. The molecule has 18 heavy (non-hydrogen) atoms. The van der Waals surface area contributed by atoms with Crippen LogP contribution in [0, 0.1) is 0 Å². The summed E-state index contributed by atoms with van der Waals surface area (Å²) < 4.78 is 1.10. The monoisotopic (exact) mass is 364 g/mol. The van der Waals surface area contributed by atoms with Crippen LogP contribution in [0.25, 0.3) is 0 Å². The largest absolute Gasteiger partial charge is 0.271 e. The number of hydrogen-bond acceptors (Lipinski definition) is 3. The Morgan fingerprint density at radius 2 is 2.06 bits per heavy atom. The van der Waals surface area contributed by atoms with Gasteiger partial charge in [-0.15, -0.1) is 11.3 Å². The topological polar surface area (TPSA) is 38.0 Å². The van der Waals surface area contributed by atoms with Gasteiger partial charge in [-0.05, 0) is 45.1 Å². The fourth-order valence-electron chi connectivity index (χ4n) is 1.66. The molecule has 1 heterocycles. The summed E-state index contributed by atoms with van der Waals surface area (Å²) in [6, 6.07) is 7.60. The molecule has 3 N–H and O–H groups in total. The first kappa shape index (κ1) is 14.3. The van der Waals surface area contributed by atoms with Crippen LogP contribution in [-0.2, 0) is 6.42 Å². The number of hydrazine groups is 1. The third kappa shape index (κ3) is 3.26. The van der Waals surface area contributed by atoms with E-state index in [4.69, 9.17) is 29.0 Å². The van der Waals surface area contributed by atoms with Crippen LogP contribution in [0.2, 0.25) is 10.0 Å². The van der Waals surface area contributed by atoms with Crippen molar-refractivity contribution in [2.45, 2.75) is 12.5 Å². The Morgan fingerprint density at radius 1 is 1.28 bits per heavy atom. The van der Waals surface area contributed by atoms with Crippen LogP contribution in [0.3, 0.4) is 0 Å². The summed E-state index contributed by atoms with van der Waals surface area (Å²) >= 11 is 17.1. The second-order valence-electron chi connectivity index (χ2n) is 3.79. The molecule has 1 atom stereocenters. The summed E-state index contributed by atoms with van der Waals surface area (Å²) in [6.07, 6.45) is 0.798. The first-order valence-corrected chi connectivity index (χ1v) is 7.67. The lowest BCUT2D eigenvalue weighted by Gasteiger charge is -2.16. The molecule has 2 nitrogen and oxygen atoms in total. The van der Waals surface area contributed by atoms with Gasteiger partial charge < -0.3 is 0 Å². The van der Waals surface area contributed by atoms with E-state index in [2.05, 4.69) is 21.4 Å². The minimum absolute atomic E-state index is 0.00900. The number of nitrogens with one attached hydrogen (secondary N) is 1. The first-order valence-electron chi connectivity index (χ1n) is 5.24. The minimum atomic E-state index is 0.00900. The molecule has 0 aliphatic carbocycles. The van der Waals surface area contributed by atoms with E-state index in [-0.39, 0.29) is 6.04 Å². The highest BCUT2D eigenvalue weighted by atomic mass is 79.9. The van der Waals surface area contributed by atoms with Gasteiger partial charge in [0.1, 0.15) is 0 Å². The molecule has 6 heteroatoms. The van der Waals surface area contributed by atoms with Crippen molar-refractivity contribution in [2.24, 2.45) is 5.84 Å². The van der Waals surface area contributed by atoms with Crippen molar-refractivity contribution < 1.29 is 0 Å². The maximum Gasteiger partial charge on any atom is 0.0595 e. The van der Waals surface area contributed by atoms with Crippen molar-refractivity contribution in [1.82, 2.24) is 5.43 Å². The van der Waals surface area contributed by atoms with Crippen LogP contribution in [0.5, 0.6) is 0 Å². The highest BCUT2D eigenvalue weighted by Gasteiger charge is 2.14. The third-order valence-corrected chi connectivity index (χ3v) is 5.32. The molecule has 0 bridgehead atoms. The number of halogens is 3. The van der Waals surface area contributed by atoms with Gasteiger partial charge in [0.15, 0.2) is 0 Å². The molecule has 2 aromatic rings. The molecule has 0 amide bonds. The summed E-state index contributed by atoms with van der Waals surface area (Å²) in [6.45, 7) is 0. The van der Waals surface area contributed by atoms with Crippen LogP contribution >= 0.6 is 50.5 Å². The van der Waals surface area contributed by atoms with Crippen molar-refractivity contribution >= 4 is 50.5 Å². The van der Waals surface area contributed by atoms with E-state index >= 15 is 0 Å². The van der Waals surface area contributed by atoms with Gasteiger partial charge in [0, 0.05) is 15.8 Å². The molecule has 0 spiro atoms. The summed E-state index contributed by atoms with van der Waals surface area (Å²) in [5.41, 5.74) is 3.84. The average molecular weight is 366 g/mol. The Labute approximate surface area is 128 Å². The Morgan fingerprint density at radius 3 is 2.61 bits per heavy atom. The van der Waals surface area contributed by atoms with Gasteiger partial charge in [0.2, 0.25) is 0 Å². The van der Waals surface area contributed by atoms with E-state index in [1.165, 1.54) is 4.88 Å². The van der Waals surface area contributed by atoms with E-state index in [1.807, 2.05) is 23.6 Å². The lowest BCUT2D eigenvalue weighted by Crippen LogP contribution is -2.29. The van der Waals surface area contributed by atoms with E-state index < -0.39 is 0 Å². The van der Waals surface area contributed by atoms with Crippen molar-refractivity contribution in [3.05, 3.63) is 54.6 Å². The van der Waals surface area contributed by atoms with Gasteiger partial charge in [-0.3, -0.25) is 11.3 Å². The number of rotatable bonds is 4. The number of benzene rings is 1. The molecule has 0 fully saturated rings. The Balaban J connectivity index is 2.23. The average Bonchev–Trinajstić information content (AvgIpc) is 2.75. The number of nitrogens with two attached hydrogens (primary N) is 1. The molecule has 0 saturated carbocycles. The van der Waals surface area contributed by atoms with Crippen molar-refractivity contribution in [2.75, 3.05) is 0 Å². The van der Waals surface area contributed by atoms with Gasteiger partial charge >= 0.3 is 0 Å². The molecule has 0 aliphatic heterocycles. The van der Waals surface area contributed by atoms with E-state index in [9.17, 15) is 0 Å². The number of thiophene rings is 1. The van der Waals surface area contributed by atoms with Crippen molar-refractivity contribution in [1.29, 1.82) is 0 Å². The normalized spacial score (nSPS) is 12.7. The van der Waals surface area contributed by atoms with E-state index in [1.54, 1.807) is 17.4 Å². The molecule has 1 unspecified atom stereocenters. The summed E-state index contributed by atoms with van der Waals surface area (Å²) in [5.74, 6) is 5.62. The molecule has 0 aliphatic rings. The van der Waals surface area contributed by atoms with Gasteiger partial charge in [-0.2, -0.15) is 0 Å². The lowest BCUT2D eigenvalue weighted by molar-refractivity contribution is 0.555. The second kappa shape index (κ2) is 6.37. The van der Waals surface area contributed by atoms with E-state index in [0.717, 1.165) is 16.5 Å². The van der Waals surface area contributed by atoms with E-state index in [0.29, 0.717) is 10.0 Å². The van der Waals surface area contributed by atoms with Gasteiger partial charge in [0.05, 0.1) is 16.1 Å². The Hall–Kier alpha value is -0.100. The third-order valence-electron chi connectivity index (χ3n) is 2.63. The molecule has 1 aromatic heterocycles. The zero-order valence-corrected chi connectivity index (χ0v) is 13.2. The van der Waals surface area contributed by atoms with Crippen molar-refractivity contribution in [3.8, 4) is 0 Å². The van der Waals surface area contributed by atoms with Crippen LogP contribution in [-0.4, -0.2) is 0 Å². The van der Waals surface area contributed by atoms with Crippen LogP contribution < -0.4 is 11.3 Å². The molecule has 2 rings (SSSR count). The molecule has 1 aromatic carbocycles. The highest BCUT2D eigenvalue weighted by Crippen LogP contribution is 2.30. The van der Waals surface area contributed by atoms with Crippen LogP contribution in [0.1, 0.15) is 16.5 Å². The SMILES string of the molecule is NNC(Cc1sccc1Br)c1ccc(Cl)c(Cl)c1. The first-order chi connectivity index (χ1) is 8.61. The fraction of sp³-hybridized carbons (Fsp3) is 0.167. The lowest BCUT2D eigenvalue weighted by atomic mass is 10.0. The van der Waals surface area contributed by atoms with Gasteiger partial charge in [-0.25, -0.2) is 0 Å². The standard InChI is InChI=1S/C12H11BrCl2N2S/c13-8-3-4-18-12(8)6-11(17-16)7-1-2-9(14)10(15)5-7/h1-5,11,17H,6,16H2. The maximum atomic E-state index is 6.02. The quantitative estimate of drug-likeness (QED) is 0.615. The molecule has 0 radical (unpaired) electrons. The summed E-state index contributed by atoms with van der Waals surface area (Å²) in [4.78, 5) is 1.24. The Kier molecular flexibility index (Phi) is 5.06. The highest BCUT2D eigenvalue weighted by molar-refractivity contribution is 9.10. The van der Waals surface area contributed by atoms with Crippen molar-refractivity contribution in [3.63, 3.8) is 0 Å². The number of hydrogen-bond donors (Lipinski definition) is 2. The predicted octanol–water partition coefficient (Wildman–Crippen LogP) is 4.56. The summed E-state index contributed by atoms with van der Waals surface area (Å²) in [5, 5.41) is 3.13.